The molecule has 3 aliphatic rings. The van der Waals surface area contributed by atoms with Gasteiger partial charge in [-0.15, -0.1) is 13.2 Å². The fraction of sp³-hybridized carbons (Fsp3) is 0.667. The van der Waals surface area contributed by atoms with Crippen LogP contribution in [0.4, 0.5) is 13.2 Å². The monoisotopic (exact) mass is 413 g/mol. The van der Waals surface area contributed by atoms with Crippen LogP contribution >= 0.6 is 0 Å². The molecule has 0 aromatic heterocycles. The zero-order valence-corrected chi connectivity index (χ0v) is 16.2. The van der Waals surface area contributed by atoms with Crippen molar-refractivity contribution in [3.8, 4) is 5.75 Å². The van der Waals surface area contributed by atoms with Gasteiger partial charge in [-0.25, -0.2) is 0 Å². The maximum Gasteiger partial charge on any atom is 0.573 e. The largest absolute Gasteiger partial charge is 0.573 e. The number of alkyl halides is 3. The summed E-state index contributed by atoms with van der Waals surface area (Å²) in [6.07, 6.45) is -0.479. The minimum absolute atomic E-state index is 0.00318. The minimum Gasteiger partial charge on any atom is -0.406 e. The van der Waals surface area contributed by atoms with E-state index in [1.165, 1.54) is 37.1 Å². The third kappa shape index (κ3) is 5.04. The molecule has 1 aliphatic carbocycles. The lowest BCUT2D eigenvalue weighted by molar-refractivity contribution is -0.274. The fourth-order valence-electron chi connectivity index (χ4n) is 4.41. The zero-order chi connectivity index (χ0) is 20.5. The Morgan fingerprint density at radius 2 is 1.83 bits per heavy atom. The third-order valence-corrected chi connectivity index (χ3v) is 6.29. The summed E-state index contributed by atoms with van der Waals surface area (Å²) < 4.78 is 52.4. The van der Waals surface area contributed by atoms with Crippen LogP contribution in [0.1, 0.15) is 36.0 Å². The molecule has 3 fully saturated rings. The summed E-state index contributed by atoms with van der Waals surface area (Å²) in [7, 11) is 0. The Morgan fingerprint density at radius 1 is 1.14 bits per heavy atom. The van der Waals surface area contributed by atoms with E-state index in [-0.39, 0.29) is 23.0 Å². The van der Waals surface area contributed by atoms with Crippen molar-refractivity contribution in [2.45, 2.75) is 32.0 Å². The first kappa shape index (κ1) is 20.5. The van der Waals surface area contributed by atoms with Crippen LogP contribution in [0, 0.1) is 17.3 Å². The molecule has 1 aromatic carbocycles. The molecule has 2 heterocycles. The number of rotatable bonds is 6. The van der Waals surface area contributed by atoms with E-state index in [4.69, 9.17) is 9.47 Å². The van der Waals surface area contributed by atoms with Crippen LogP contribution in [-0.4, -0.2) is 56.7 Å². The van der Waals surface area contributed by atoms with Gasteiger partial charge in [-0.05, 0) is 61.3 Å². The normalized spacial score (nSPS) is 24.1. The van der Waals surface area contributed by atoms with Crippen molar-refractivity contribution in [1.82, 2.24) is 4.90 Å². The van der Waals surface area contributed by atoms with Gasteiger partial charge < -0.3 is 19.1 Å². The number of likely N-dealkylation sites (tertiary alicyclic amines) is 1. The summed E-state index contributed by atoms with van der Waals surface area (Å²) in [4.78, 5) is 14.8. The lowest BCUT2D eigenvalue weighted by Crippen LogP contribution is -2.39. The van der Waals surface area contributed by atoms with E-state index in [2.05, 4.69) is 4.74 Å². The van der Waals surface area contributed by atoms with E-state index in [0.717, 1.165) is 19.4 Å². The predicted octanol–water partition coefficient (Wildman–Crippen LogP) is 3.88. The Morgan fingerprint density at radius 3 is 2.45 bits per heavy atom. The Kier molecular flexibility index (Phi) is 5.75. The van der Waals surface area contributed by atoms with Gasteiger partial charge >= 0.3 is 6.36 Å². The molecule has 29 heavy (non-hydrogen) atoms. The smallest absolute Gasteiger partial charge is 0.406 e. The number of amides is 1. The average molecular weight is 413 g/mol. The van der Waals surface area contributed by atoms with Crippen molar-refractivity contribution < 1.29 is 32.2 Å². The summed E-state index contributed by atoms with van der Waals surface area (Å²) in [6.45, 7) is 4.03. The number of ether oxygens (including phenoxy) is 3. The molecule has 2 saturated heterocycles. The standard InChI is InChI=1S/C21H26F3NO4/c22-21(23,24)29-18-5-3-16(4-6-18)19(26)25-11-17(13-28-12-15-1-2-15)20(14-25)7-9-27-10-8-20/h3-6,15,17H,1-2,7-14H2. The maximum absolute atomic E-state index is 13.0. The van der Waals surface area contributed by atoms with Gasteiger partial charge in [0.1, 0.15) is 5.75 Å². The zero-order valence-electron chi connectivity index (χ0n) is 16.2. The summed E-state index contributed by atoms with van der Waals surface area (Å²) in [6, 6.07) is 5.13. The molecule has 1 amide bonds. The summed E-state index contributed by atoms with van der Waals surface area (Å²) >= 11 is 0. The van der Waals surface area contributed by atoms with E-state index in [1.807, 2.05) is 4.90 Å². The van der Waals surface area contributed by atoms with Gasteiger partial charge in [0.15, 0.2) is 0 Å². The molecule has 1 atom stereocenters. The van der Waals surface area contributed by atoms with Gasteiger partial charge in [-0.3, -0.25) is 4.79 Å². The Bertz CT molecular complexity index is 712. The summed E-state index contributed by atoms with van der Waals surface area (Å²) in [5, 5.41) is 0. The molecule has 5 nitrogen and oxygen atoms in total. The number of halogens is 3. The molecule has 0 radical (unpaired) electrons. The van der Waals surface area contributed by atoms with Crippen LogP contribution in [0.15, 0.2) is 24.3 Å². The van der Waals surface area contributed by atoms with Crippen LogP contribution in [0.2, 0.25) is 0 Å². The van der Waals surface area contributed by atoms with Crippen LogP contribution < -0.4 is 4.74 Å². The maximum atomic E-state index is 13.0. The molecule has 1 unspecified atom stereocenters. The number of benzene rings is 1. The highest BCUT2D eigenvalue weighted by Crippen LogP contribution is 2.45. The Labute approximate surface area is 168 Å². The lowest BCUT2D eigenvalue weighted by atomic mass is 9.72. The highest BCUT2D eigenvalue weighted by Gasteiger charge is 2.48. The molecule has 1 spiro atoms. The topological polar surface area (TPSA) is 48.0 Å². The van der Waals surface area contributed by atoms with Crippen molar-refractivity contribution in [2.75, 3.05) is 39.5 Å². The first-order valence-corrected chi connectivity index (χ1v) is 10.2. The van der Waals surface area contributed by atoms with E-state index in [1.54, 1.807) is 0 Å². The number of carbonyl (C=O) groups is 1. The Hall–Kier alpha value is -1.80. The minimum atomic E-state index is -4.75. The van der Waals surface area contributed by atoms with Crippen LogP contribution in [0.3, 0.4) is 0 Å². The quantitative estimate of drug-likeness (QED) is 0.710. The molecule has 160 valence electrons. The van der Waals surface area contributed by atoms with Crippen molar-refractivity contribution in [3.63, 3.8) is 0 Å². The molecule has 0 N–H and O–H groups in total. The fourth-order valence-corrected chi connectivity index (χ4v) is 4.41. The summed E-state index contributed by atoms with van der Waals surface area (Å²) in [5.41, 5.74) is 0.359. The van der Waals surface area contributed by atoms with Crippen molar-refractivity contribution in [2.24, 2.45) is 17.3 Å². The van der Waals surface area contributed by atoms with E-state index in [0.29, 0.717) is 44.4 Å². The molecule has 0 bridgehead atoms. The predicted molar refractivity (Wildman–Crippen MR) is 98.5 cm³/mol. The molecular formula is C21H26F3NO4. The van der Waals surface area contributed by atoms with E-state index in [9.17, 15) is 18.0 Å². The second-order valence-electron chi connectivity index (χ2n) is 8.41. The van der Waals surface area contributed by atoms with E-state index < -0.39 is 6.36 Å². The third-order valence-electron chi connectivity index (χ3n) is 6.29. The molecule has 4 rings (SSSR count). The van der Waals surface area contributed by atoms with Crippen LogP contribution in [0.25, 0.3) is 0 Å². The van der Waals surface area contributed by atoms with E-state index >= 15 is 0 Å². The molecule has 1 aromatic rings. The molecular weight excluding hydrogens is 387 g/mol. The average Bonchev–Trinajstić information content (AvgIpc) is 3.44. The van der Waals surface area contributed by atoms with Crippen LogP contribution in [0.5, 0.6) is 5.75 Å². The van der Waals surface area contributed by atoms with Gasteiger partial charge in [0.05, 0.1) is 6.61 Å². The van der Waals surface area contributed by atoms with Crippen LogP contribution in [-0.2, 0) is 9.47 Å². The van der Waals surface area contributed by atoms with Crippen molar-refractivity contribution in [1.29, 1.82) is 0 Å². The Balaban J connectivity index is 1.42. The molecule has 1 saturated carbocycles. The first-order chi connectivity index (χ1) is 13.8. The molecule has 8 heteroatoms. The first-order valence-electron chi connectivity index (χ1n) is 10.2. The SMILES string of the molecule is O=C(c1ccc(OC(F)(F)F)cc1)N1CC(COCC2CC2)C2(CCOCC2)C1. The van der Waals surface area contributed by atoms with Crippen molar-refractivity contribution in [3.05, 3.63) is 29.8 Å². The second kappa shape index (κ2) is 8.14. The van der Waals surface area contributed by atoms with Gasteiger partial charge in [-0.2, -0.15) is 0 Å². The highest BCUT2D eigenvalue weighted by molar-refractivity contribution is 5.94. The highest BCUT2D eigenvalue weighted by atomic mass is 19.4. The van der Waals surface area contributed by atoms with Gasteiger partial charge in [0, 0.05) is 44.4 Å². The van der Waals surface area contributed by atoms with Gasteiger partial charge in [-0.1, -0.05) is 0 Å². The number of nitrogens with zero attached hydrogens (tertiary/aromatic N) is 1. The van der Waals surface area contributed by atoms with Gasteiger partial charge in [0.2, 0.25) is 0 Å². The lowest BCUT2D eigenvalue weighted by Gasteiger charge is -2.37. The molecule has 2 aliphatic heterocycles. The number of carbonyl (C=O) groups excluding carboxylic acids is 1. The van der Waals surface area contributed by atoms with Crippen molar-refractivity contribution >= 4 is 5.91 Å². The number of hydrogen-bond donors (Lipinski definition) is 0. The summed E-state index contributed by atoms with van der Waals surface area (Å²) in [5.74, 6) is 0.445. The second-order valence-corrected chi connectivity index (χ2v) is 8.41. The van der Waals surface area contributed by atoms with Gasteiger partial charge in [0.25, 0.3) is 5.91 Å². The number of hydrogen-bond acceptors (Lipinski definition) is 4.